The largest absolute Gasteiger partial charge is 0.355 e. The molecule has 0 atom stereocenters. The van der Waals surface area contributed by atoms with Crippen LogP contribution in [0.3, 0.4) is 0 Å². The van der Waals surface area contributed by atoms with Crippen LogP contribution in [-0.4, -0.2) is 48.0 Å². The van der Waals surface area contributed by atoms with Crippen LogP contribution in [0.15, 0.2) is 42.7 Å². The molecule has 0 saturated heterocycles. The van der Waals surface area contributed by atoms with Crippen molar-refractivity contribution in [3.63, 3.8) is 0 Å². The molecule has 0 bridgehead atoms. The van der Waals surface area contributed by atoms with Crippen LogP contribution in [0.5, 0.6) is 0 Å². The highest BCUT2D eigenvalue weighted by molar-refractivity contribution is 5.89. The van der Waals surface area contributed by atoms with Gasteiger partial charge in [-0.1, -0.05) is 24.3 Å². The van der Waals surface area contributed by atoms with Crippen molar-refractivity contribution < 1.29 is 4.79 Å². The van der Waals surface area contributed by atoms with Crippen molar-refractivity contribution in [3.05, 3.63) is 53.9 Å². The maximum absolute atomic E-state index is 12.2. The Morgan fingerprint density at radius 1 is 1.28 bits per heavy atom. The van der Waals surface area contributed by atoms with Crippen LogP contribution in [-0.2, 0) is 11.2 Å². The average Bonchev–Trinajstić information content (AvgIpc) is 2.97. The topological polar surface area (TPSA) is 61.0 Å². The predicted octanol–water partition coefficient (Wildman–Crippen LogP) is 2.76. The number of aromatic nitrogens is 2. The lowest BCUT2D eigenvalue weighted by Crippen LogP contribution is -2.32. The number of hydrogen-bond donors (Lipinski definition) is 2. The lowest BCUT2D eigenvalue weighted by Gasteiger charge is -2.10. The number of aryl methyl sites for hydroxylation is 1. The van der Waals surface area contributed by atoms with Crippen LogP contribution < -0.4 is 5.32 Å². The molecule has 3 rings (SSSR count). The molecule has 1 amide bonds. The zero-order chi connectivity index (χ0) is 17.8. The third-order valence-electron chi connectivity index (χ3n) is 4.31. The van der Waals surface area contributed by atoms with E-state index in [0.29, 0.717) is 13.0 Å². The summed E-state index contributed by atoms with van der Waals surface area (Å²) in [6.45, 7) is 3.58. The van der Waals surface area contributed by atoms with Gasteiger partial charge in [-0.15, -0.1) is 0 Å². The van der Waals surface area contributed by atoms with Gasteiger partial charge in [0.05, 0.1) is 6.42 Å². The molecule has 0 aliphatic carbocycles. The first-order valence-corrected chi connectivity index (χ1v) is 8.48. The fraction of sp³-hybridized carbons (Fsp3) is 0.300. The summed E-state index contributed by atoms with van der Waals surface area (Å²) in [5.74, 6) is 0.0315. The number of likely N-dealkylation sites (N-methyl/N-ethyl adjacent to an activating group) is 1. The van der Waals surface area contributed by atoms with E-state index in [9.17, 15) is 4.79 Å². The Morgan fingerprint density at radius 3 is 2.84 bits per heavy atom. The van der Waals surface area contributed by atoms with E-state index in [1.54, 1.807) is 0 Å². The number of H-pyrrole nitrogens is 1. The summed E-state index contributed by atoms with van der Waals surface area (Å²) in [5, 5.41) is 3.96. The molecule has 0 spiro atoms. The molecule has 2 heterocycles. The molecule has 2 aromatic heterocycles. The molecule has 1 aromatic carbocycles. The number of amides is 1. The Bertz CT molecular complexity index is 882. The first-order valence-electron chi connectivity index (χ1n) is 8.48. The van der Waals surface area contributed by atoms with Crippen LogP contribution in [0.2, 0.25) is 0 Å². The minimum atomic E-state index is 0.0315. The van der Waals surface area contributed by atoms with Crippen LogP contribution >= 0.6 is 0 Å². The molecule has 0 radical (unpaired) electrons. The van der Waals surface area contributed by atoms with Crippen LogP contribution in [0.25, 0.3) is 22.2 Å². The highest BCUT2D eigenvalue weighted by Gasteiger charge is 2.11. The number of pyridine rings is 1. The molecule has 0 aliphatic rings. The molecule has 3 aromatic rings. The molecular weight excluding hydrogens is 312 g/mol. The van der Waals surface area contributed by atoms with Gasteiger partial charge in [-0.3, -0.25) is 4.79 Å². The number of carbonyl (C=O) groups is 1. The molecule has 25 heavy (non-hydrogen) atoms. The molecule has 0 saturated carbocycles. The Balaban J connectivity index is 1.82. The van der Waals surface area contributed by atoms with E-state index in [2.05, 4.69) is 40.4 Å². The van der Waals surface area contributed by atoms with Crippen molar-refractivity contribution >= 4 is 16.9 Å². The van der Waals surface area contributed by atoms with Crippen molar-refractivity contribution in [2.75, 3.05) is 27.2 Å². The van der Waals surface area contributed by atoms with Crippen molar-refractivity contribution in [3.8, 4) is 11.1 Å². The van der Waals surface area contributed by atoms with Gasteiger partial charge in [0.25, 0.3) is 0 Å². The Kier molecular flexibility index (Phi) is 5.14. The first kappa shape index (κ1) is 17.2. The van der Waals surface area contributed by atoms with Crippen LogP contribution in [0.1, 0.15) is 11.1 Å². The standard InChI is InChI=1S/C20H24N4O/c1-14-6-4-5-7-17(14)15-10-18-16(13-23-20(18)22-12-15)11-19(25)21-8-9-24(2)3/h4-7,10,12-13H,8-9,11H2,1-3H3,(H,21,25)(H,22,23). The van der Waals surface area contributed by atoms with Crippen LogP contribution in [0.4, 0.5) is 0 Å². The van der Waals surface area contributed by atoms with Gasteiger partial charge >= 0.3 is 0 Å². The summed E-state index contributed by atoms with van der Waals surface area (Å²) in [4.78, 5) is 21.9. The summed E-state index contributed by atoms with van der Waals surface area (Å²) < 4.78 is 0. The number of nitrogens with zero attached hydrogens (tertiary/aromatic N) is 2. The lowest BCUT2D eigenvalue weighted by molar-refractivity contribution is -0.120. The fourth-order valence-corrected chi connectivity index (χ4v) is 2.90. The molecule has 5 nitrogen and oxygen atoms in total. The summed E-state index contributed by atoms with van der Waals surface area (Å²) in [6, 6.07) is 10.4. The van der Waals surface area contributed by atoms with E-state index in [0.717, 1.165) is 28.7 Å². The number of rotatable bonds is 6. The second kappa shape index (κ2) is 7.49. The van der Waals surface area contributed by atoms with Gasteiger partial charge in [0, 0.05) is 36.4 Å². The number of fused-ring (bicyclic) bond motifs is 1. The van der Waals surface area contributed by atoms with Crippen LogP contribution in [0, 0.1) is 6.92 Å². The van der Waals surface area contributed by atoms with E-state index in [-0.39, 0.29) is 5.91 Å². The SMILES string of the molecule is Cc1ccccc1-c1cnc2[nH]cc(CC(=O)NCCN(C)C)c2c1. The highest BCUT2D eigenvalue weighted by atomic mass is 16.1. The molecule has 0 aliphatic heterocycles. The van der Waals surface area contributed by atoms with Gasteiger partial charge in [-0.25, -0.2) is 4.98 Å². The second-order valence-electron chi connectivity index (χ2n) is 6.58. The molecule has 0 fully saturated rings. The van der Waals surface area contributed by atoms with Gasteiger partial charge in [0.2, 0.25) is 5.91 Å². The lowest BCUT2D eigenvalue weighted by atomic mass is 10.0. The third-order valence-corrected chi connectivity index (χ3v) is 4.31. The quantitative estimate of drug-likeness (QED) is 0.728. The van der Waals surface area contributed by atoms with Gasteiger partial charge < -0.3 is 15.2 Å². The van der Waals surface area contributed by atoms with Crippen molar-refractivity contribution in [1.29, 1.82) is 0 Å². The average molecular weight is 336 g/mol. The van der Waals surface area contributed by atoms with Crippen molar-refractivity contribution in [2.24, 2.45) is 0 Å². The summed E-state index contributed by atoms with van der Waals surface area (Å²) in [6.07, 6.45) is 4.11. The summed E-state index contributed by atoms with van der Waals surface area (Å²) in [5.41, 5.74) is 5.23. The number of nitrogens with one attached hydrogen (secondary N) is 2. The zero-order valence-corrected chi connectivity index (χ0v) is 15.0. The Morgan fingerprint density at radius 2 is 2.08 bits per heavy atom. The number of aromatic amines is 1. The van der Waals surface area contributed by atoms with E-state index in [4.69, 9.17) is 0 Å². The normalized spacial score (nSPS) is 11.2. The zero-order valence-electron chi connectivity index (χ0n) is 15.0. The minimum Gasteiger partial charge on any atom is -0.355 e. The molecule has 0 unspecified atom stereocenters. The van der Waals surface area contributed by atoms with Gasteiger partial charge in [0.1, 0.15) is 5.65 Å². The Labute approximate surface area is 148 Å². The monoisotopic (exact) mass is 336 g/mol. The van der Waals surface area contributed by atoms with E-state index < -0.39 is 0 Å². The molecule has 2 N–H and O–H groups in total. The molecule has 130 valence electrons. The smallest absolute Gasteiger partial charge is 0.224 e. The number of hydrogen-bond acceptors (Lipinski definition) is 3. The third kappa shape index (κ3) is 4.06. The van der Waals surface area contributed by atoms with Gasteiger partial charge in [-0.05, 0) is 43.8 Å². The maximum Gasteiger partial charge on any atom is 0.224 e. The highest BCUT2D eigenvalue weighted by Crippen LogP contribution is 2.27. The van der Waals surface area contributed by atoms with E-state index >= 15 is 0 Å². The van der Waals surface area contributed by atoms with Crippen molar-refractivity contribution in [2.45, 2.75) is 13.3 Å². The van der Waals surface area contributed by atoms with Gasteiger partial charge in [-0.2, -0.15) is 0 Å². The first-order chi connectivity index (χ1) is 12.0. The Hall–Kier alpha value is -2.66. The maximum atomic E-state index is 12.2. The second-order valence-corrected chi connectivity index (χ2v) is 6.58. The summed E-state index contributed by atoms with van der Waals surface area (Å²) >= 11 is 0. The van der Waals surface area contributed by atoms with E-state index in [1.165, 1.54) is 11.1 Å². The number of carbonyl (C=O) groups excluding carboxylic acids is 1. The molecular formula is C20H24N4O. The van der Waals surface area contributed by atoms with Gasteiger partial charge in [0.15, 0.2) is 0 Å². The molecule has 5 heteroatoms. The number of benzene rings is 1. The minimum absolute atomic E-state index is 0.0315. The van der Waals surface area contributed by atoms with Crippen molar-refractivity contribution in [1.82, 2.24) is 20.2 Å². The summed E-state index contributed by atoms with van der Waals surface area (Å²) in [7, 11) is 3.98. The van der Waals surface area contributed by atoms with E-state index in [1.807, 2.05) is 43.5 Å². The fourth-order valence-electron chi connectivity index (χ4n) is 2.90. The predicted molar refractivity (Wildman–Crippen MR) is 102 cm³/mol.